The molecule has 0 spiro atoms. The van der Waals surface area contributed by atoms with Gasteiger partial charge in [0.15, 0.2) is 0 Å². The maximum Gasteiger partial charge on any atom is 0.133 e. The van der Waals surface area contributed by atoms with E-state index in [-0.39, 0.29) is 6.04 Å². The normalized spacial score (nSPS) is 26.9. The number of hydrogen-bond acceptors (Lipinski definition) is 3. The van der Waals surface area contributed by atoms with Crippen LogP contribution in [0.2, 0.25) is 0 Å². The molecule has 1 aromatic heterocycles. The minimum atomic E-state index is 0.0446. The Hall–Kier alpha value is -1.09. The second-order valence-corrected chi connectivity index (χ2v) is 5.39. The number of aromatic nitrogens is 1. The molecule has 2 unspecified atom stereocenters. The van der Waals surface area contributed by atoms with Crippen molar-refractivity contribution in [3.63, 3.8) is 0 Å². The number of rotatable bonds is 2. The summed E-state index contributed by atoms with van der Waals surface area (Å²) in [5.74, 6) is 1.83. The van der Waals surface area contributed by atoms with Crippen molar-refractivity contribution in [2.75, 3.05) is 11.4 Å². The SMILES string of the molecule is CC1CCC(C)N(c2ncccc2[C@H](C)N)C1. The van der Waals surface area contributed by atoms with E-state index in [4.69, 9.17) is 5.73 Å². The lowest BCUT2D eigenvalue weighted by Gasteiger charge is -2.39. The zero-order valence-electron chi connectivity index (χ0n) is 11.1. The second-order valence-electron chi connectivity index (χ2n) is 5.39. The minimum Gasteiger partial charge on any atom is -0.353 e. The van der Waals surface area contributed by atoms with Gasteiger partial charge in [0.25, 0.3) is 0 Å². The van der Waals surface area contributed by atoms with E-state index in [0.29, 0.717) is 6.04 Å². The van der Waals surface area contributed by atoms with E-state index in [0.717, 1.165) is 23.8 Å². The van der Waals surface area contributed by atoms with Gasteiger partial charge in [-0.1, -0.05) is 13.0 Å². The summed E-state index contributed by atoms with van der Waals surface area (Å²) < 4.78 is 0. The van der Waals surface area contributed by atoms with Gasteiger partial charge in [0.2, 0.25) is 0 Å². The average Bonchev–Trinajstić information content (AvgIpc) is 2.32. The summed E-state index contributed by atoms with van der Waals surface area (Å²) in [6, 6.07) is 4.68. The fraction of sp³-hybridized carbons (Fsp3) is 0.643. The first-order chi connectivity index (χ1) is 8.09. The van der Waals surface area contributed by atoms with Gasteiger partial charge in [-0.15, -0.1) is 0 Å². The van der Waals surface area contributed by atoms with Crippen molar-refractivity contribution in [2.24, 2.45) is 11.7 Å². The number of piperidine rings is 1. The number of anilines is 1. The van der Waals surface area contributed by atoms with Crippen LogP contribution in [-0.4, -0.2) is 17.6 Å². The van der Waals surface area contributed by atoms with Gasteiger partial charge in [-0.2, -0.15) is 0 Å². The van der Waals surface area contributed by atoms with Crippen molar-refractivity contribution >= 4 is 5.82 Å². The maximum atomic E-state index is 6.03. The zero-order valence-corrected chi connectivity index (χ0v) is 11.1. The summed E-state index contributed by atoms with van der Waals surface area (Å²) in [5, 5.41) is 0. The van der Waals surface area contributed by atoms with Gasteiger partial charge < -0.3 is 10.6 Å². The molecule has 0 aromatic carbocycles. The lowest BCUT2D eigenvalue weighted by atomic mass is 9.94. The van der Waals surface area contributed by atoms with E-state index in [1.807, 2.05) is 19.2 Å². The van der Waals surface area contributed by atoms with E-state index in [1.165, 1.54) is 12.8 Å². The first kappa shape index (κ1) is 12.4. The highest BCUT2D eigenvalue weighted by Gasteiger charge is 2.26. The van der Waals surface area contributed by atoms with E-state index in [9.17, 15) is 0 Å². The van der Waals surface area contributed by atoms with Crippen molar-refractivity contribution in [2.45, 2.75) is 45.7 Å². The van der Waals surface area contributed by atoms with Crippen LogP contribution in [0, 0.1) is 5.92 Å². The maximum absolute atomic E-state index is 6.03. The first-order valence-corrected chi connectivity index (χ1v) is 6.56. The van der Waals surface area contributed by atoms with Gasteiger partial charge in [0.05, 0.1) is 0 Å². The van der Waals surface area contributed by atoms with Crippen LogP contribution in [-0.2, 0) is 0 Å². The highest BCUT2D eigenvalue weighted by atomic mass is 15.2. The molecule has 2 rings (SSSR count). The summed E-state index contributed by atoms with van der Waals surface area (Å²) in [6.45, 7) is 7.72. The molecule has 3 atom stereocenters. The topological polar surface area (TPSA) is 42.2 Å². The molecular weight excluding hydrogens is 210 g/mol. The molecule has 3 heteroatoms. The van der Waals surface area contributed by atoms with Crippen molar-refractivity contribution < 1.29 is 0 Å². The molecule has 2 N–H and O–H groups in total. The van der Waals surface area contributed by atoms with Crippen molar-refractivity contribution in [3.05, 3.63) is 23.9 Å². The Kier molecular flexibility index (Phi) is 3.67. The van der Waals surface area contributed by atoms with Crippen LogP contribution in [0.1, 0.15) is 45.2 Å². The number of hydrogen-bond donors (Lipinski definition) is 1. The third-order valence-corrected chi connectivity index (χ3v) is 3.70. The molecule has 2 heterocycles. The lowest BCUT2D eigenvalue weighted by molar-refractivity contribution is 0.387. The second kappa shape index (κ2) is 5.05. The molecule has 3 nitrogen and oxygen atoms in total. The van der Waals surface area contributed by atoms with Crippen molar-refractivity contribution in [1.82, 2.24) is 4.98 Å². The molecule has 94 valence electrons. The molecule has 0 bridgehead atoms. The van der Waals surface area contributed by atoms with Crippen LogP contribution >= 0.6 is 0 Å². The van der Waals surface area contributed by atoms with E-state index in [1.54, 1.807) is 0 Å². The Morgan fingerprint density at radius 1 is 1.41 bits per heavy atom. The molecule has 0 saturated carbocycles. The third-order valence-electron chi connectivity index (χ3n) is 3.70. The lowest BCUT2D eigenvalue weighted by Crippen LogP contribution is -2.42. The van der Waals surface area contributed by atoms with Gasteiger partial charge in [0, 0.05) is 30.4 Å². The summed E-state index contributed by atoms with van der Waals surface area (Å²) >= 11 is 0. The minimum absolute atomic E-state index is 0.0446. The average molecular weight is 233 g/mol. The third kappa shape index (κ3) is 2.60. The number of nitrogens with two attached hydrogens (primary N) is 1. The standard InChI is InChI=1S/C14H23N3/c1-10-6-7-11(2)17(9-10)14-13(12(3)15)5-4-8-16-14/h4-5,8,10-12H,6-7,9,15H2,1-3H3/t10?,11?,12-/m0/s1. The molecule has 1 aromatic rings. The molecule has 1 aliphatic heterocycles. The van der Waals surface area contributed by atoms with E-state index in [2.05, 4.69) is 29.8 Å². The highest BCUT2D eigenvalue weighted by Crippen LogP contribution is 2.30. The van der Waals surface area contributed by atoms with Crippen LogP contribution < -0.4 is 10.6 Å². The fourth-order valence-corrected chi connectivity index (χ4v) is 2.59. The van der Waals surface area contributed by atoms with Crippen molar-refractivity contribution in [3.8, 4) is 0 Å². The molecule has 1 fully saturated rings. The summed E-state index contributed by atoms with van der Waals surface area (Å²) in [7, 11) is 0. The van der Waals surface area contributed by atoms with E-state index < -0.39 is 0 Å². The zero-order chi connectivity index (χ0) is 12.4. The molecule has 0 radical (unpaired) electrons. The molecule has 1 aliphatic rings. The largest absolute Gasteiger partial charge is 0.353 e. The van der Waals surface area contributed by atoms with Crippen LogP contribution in [0.4, 0.5) is 5.82 Å². The quantitative estimate of drug-likeness (QED) is 0.854. The Morgan fingerprint density at radius 2 is 2.18 bits per heavy atom. The monoisotopic (exact) mass is 233 g/mol. The predicted octanol–water partition coefficient (Wildman–Crippen LogP) is 2.73. The fourth-order valence-electron chi connectivity index (χ4n) is 2.59. The number of nitrogens with zero attached hydrogens (tertiary/aromatic N) is 2. The van der Waals surface area contributed by atoms with Gasteiger partial charge in [-0.3, -0.25) is 0 Å². The Bertz CT molecular complexity index is 375. The Morgan fingerprint density at radius 3 is 2.88 bits per heavy atom. The van der Waals surface area contributed by atoms with Gasteiger partial charge >= 0.3 is 0 Å². The summed E-state index contributed by atoms with van der Waals surface area (Å²) in [4.78, 5) is 6.98. The number of pyridine rings is 1. The molecule has 17 heavy (non-hydrogen) atoms. The predicted molar refractivity (Wildman–Crippen MR) is 72.0 cm³/mol. The smallest absolute Gasteiger partial charge is 0.133 e. The van der Waals surface area contributed by atoms with Crippen LogP contribution in [0.25, 0.3) is 0 Å². The molecule has 0 amide bonds. The van der Waals surface area contributed by atoms with Gasteiger partial charge in [-0.25, -0.2) is 4.98 Å². The first-order valence-electron chi connectivity index (χ1n) is 6.56. The van der Waals surface area contributed by atoms with Gasteiger partial charge in [-0.05, 0) is 38.7 Å². The summed E-state index contributed by atoms with van der Waals surface area (Å²) in [6.07, 6.45) is 4.43. The Labute approximate surface area is 104 Å². The van der Waals surface area contributed by atoms with E-state index >= 15 is 0 Å². The van der Waals surface area contributed by atoms with Crippen LogP contribution in [0.5, 0.6) is 0 Å². The molecule has 0 aliphatic carbocycles. The Balaban J connectivity index is 2.31. The molecule has 1 saturated heterocycles. The van der Waals surface area contributed by atoms with Crippen LogP contribution in [0.3, 0.4) is 0 Å². The van der Waals surface area contributed by atoms with Gasteiger partial charge in [0.1, 0.15) is 5.82 Å². The van der Waals surface area contributed by atoms with Crippen molar-refractivity contribution in [1.29, 1.82) is 0 Å². The highest BCUT2D eigenvalue weighted by molar-refractivity contribution is 5.49. The summed E-state index contributed by atoms with van der Waals surface area (Å²) in [5.41, 5.74) is 7.20. The van der Waals surface area contributed by atoms with Crippen LogP contribution in [0.15, 0.2) is 18.3 Å². The molecular formula is C14H23N3.